The SMILES string of the molecule is CCCNC(c1cnccc1C)c1cccc(C)c1C. The first-order valence-electron chi connectivity index (χ1n) is 7.35. The van der Waals surface area contributed by atoms with Crippen molar-refractivity contribution < 1.29 is 0 Å². The molecule has 1 aromatic heterocycles. The molecule has 0 saturated heterocycles. The van der Waals surface area contributed by atoms with Gasteiger partial charge in [0.1, 0.15) is 0 Å². The summed E-state index contributed by atoms with van der Waals surface area (Å²) in [6, 6.07) is 8.85. The van der Waals surface area contributed by atoms with E-state index in [2.05, 4.69) is 62.3 Å². The van der Waals surface area contributed by atoms with Crippen molar-refractivity contribution in [3.8, 4) is 0 Å². The molecule has 0 spiro atoms. The molecule has 20 heavy (non-hydrogen) atoms. The summed E-state index contributed by atoms with van der Waals surface area (Å²) in [6.45, 7) is 9.74. The number of pyridine rings is 1. The maximum Gasteiger partial charge on any atom is 0.0597 e. The zero-order valence-electron chi connectivity index (χ0n) is 12.9. The summed E-state index contributed by atoms with van der Waals surface area (Å²) in [5.74, 6) is 0. The van der Waals surface area contributed by atoms with Gasteiger partial charge in [0.05, 0.1) is 6.04 Å². The Labute approximate surface area is 122 Å². The van der Waals surface area contributed by atoms with Gasteiger partial charge in [-0.05, 0) is 67.6 Å². The van der Waals surface area contributed by atoms with Gasteiger partial charge in [0, 0.05) is 12.4 Å². The van der Waals surface area contributed by atoms with Gasteiger partial charge >= 0.3 is 0 Å². The molecule has 0 radical (unpaired) electrons. The largest absolute Gasteiger partial charge is 0.306 e. The number of nitrogens with zero attached hydrogens (tertiary/aromatic N) is 1. The Bertz CT molecular complexity index is 575. The Morgan fingerprint density at radius 1 is 1.05 bits per heavy atom. The number of nitrogens with one attached hydrogen (secondary N) is 1. The van der Waals surface area contributed by atoms with Crippen molar-refractivity contribution in [3.05, 3.63) is 64.5 Å². The molecule has 2 nitrogen and oxygen atoms in total. The van der Waals surface area contributed by atoms with Gasteiger partial charge in [0.2, 0.25) is 0 Å². The van der Waals surface area contributed by atoms with Crippen LogP contribution in [0.25, 0.3) is 0 Å². The first-order chi connectivity index (χ1) is 9.65. The van der Waals surface area contributed by atoms with Crippen LogP contribution in [-0.2, 0) is 0 Å². The summed E-state index contributed by atoms with van der Waals surface area (Å²) in [6.07, 6.45) is 4.98. The molecule has 0 saturated carbocycles. The molecule has 1 unspecified atom stereocenters. The van der Waals surface area contributed by atoms with E-state index in [1.54, 1.807) is 0 Å². The number of aromatic nitrogens is 1. The zero-order chi connectivity index (χ0) is 14.5. The Morgan fingerprint density at radius 3 is 2.55 bits per heavy atom. The number of hydrogen-bond acceptors (Lipinski definition) is 2. The van der Waals surface area contributed by atoms with Crippen LogP contribution in [0.1, 0.15) is 47.2 Å². The van der Waals surface area contributed by atoms with Crippen LogP contribution >= 0.6 is 0 Å². The van der Waals surface area contributed by atoms with E-state index >= 15 is 0 Å². The molecule has 106 valence electrons. The molecule has 0 aliphatic heterocycles. The second-order valence-corrected chi connectivity index (χ2v) is 5.41. The second kappa shape index (κ2) is 6.67. The Hall–Kier alpha value is -1.67. The summed E-state index contributed by atoms with van der Waals surface area (Å²) in [4.78, 5) is 4.31. The number of rotatable bonds is 5. The fourth-order valence-electron chi connectivity index (χ4n) is 2.54. The molecule has 0 aliphatic rings. The lowest BCUT2D eigenvalue weighted by Gasteiger charge is -2.23. The third-order valence-corrected chi connectivity index (χ3v) is 3.95. The molecule has 1 heterocycles. The molecule has 0 fully saturated rings. The predicted octanol–water partition coefficient (Wildman–Crippen LogP) is 4.10. The van der Waals surface area contributed by atoms with Crippen molar-refractivity contribution in [2.75, 3.05) is 6.54 Å². The van der Waals surface area contributed by atoms with E-state index in [-0.39, 0.29) is 6.04 Å². The molecule has 1 aromatic carbocycles. The highest BCUT2D eigenvalue weighted by atomic mass is 14.9. The second-order valence-electron chi connectivity index (χ2n) is 5.41. The normalized spacial score (nSPS) is 12.4. The predicted molar refractivity (Wildman–Crippen MR) is 85.0 cm³/mol. The Morgan fingerprint density at radius 2 is 1.85 bits per heavy atom. The first kappa shape index (κ1) is 14.7. The lowest BCUT2D eigenvalue weighted by Crippen LogP contribution is -2.25. The monoisotopic (exact) mass is 268 g/mol. The van der Waals surface area contributed by atoms with Crippen molar-refractivity contribution >= 4 is 0 Å². The zero-order valence-corrected chi connectivity index (χ0v) is 12.9. The van der Waals surface area contributed by atoms with Crippen LogP contribution in [-0.4, -0.2) is 11.5 Å². The minimum Gasteiger partial charge on any atom is -0.306 e. The van der Waals surface area contributed by atoms with Crippen molar-refractivity contribution in [1.29, 1.82) is 0 Å². The van der Waals surface area contributed by atoms with E-state index in [1.807, 2.05) is 12.4 Å². The molecule has 1 atom stereocenters. The lowest BCUT2D eigenvalue weighted by molar-refractivity contribution is 0.592. The standard InChI is InChI=1S/C18H24N2/c1-5-10-20-18(17-12-19-11-9-14(17)3)16-8-6-7-13(2)15(16)4/h6-9,11-12,18,20H,5,10H2,1-4H3. The third kappa shape index (κ3) is 3.07. The quantitative estimate of drug-likeness (QED) is 0.883. The number of hydrogen-bond donors (Lipinski definition) is 1. The molecular weight excluding hydrogens is 244 g/mol. The van der Waals surface area contributed by atoms with Gasteiger partial charge in [-0.2, -0.15) is 0 Å². The van der Waals surface area contributed by atoms with E-state index in [4.69, 9.17) is 0 Å². The summed E-state index contributed by atoms with van der Waals surface area (Å²) in [7, 11) is 0. The van der Waals surface area contributed by atoms with E-state index in [0.29, 0.717) is 0 Å². The van der Waals surface area contributed by atoms with Gasteiger partial charge in [-0.15, -0.1) is 0 Å². The summed E-state index contributed by atoms with van der Waals surface area (Å²) < 4.78 is 0. The van der Waals surface area contributed by atoms with Crippen molar-refractivity contribution in [2.24, 2.45) is 0 Å². The average Bonchev–Trinajstić information content (AvgIpc) is 2.45. The first-order valence-corrected chi connectivity index (χ1v) is 7.35. The summed E-state index contributed by atoms with van der Waals surface area (Å²) in [5.41, 5.74) is 6.62. The minimum atomic E-state index is 0.226. The topological polar surface area (TPSA) is 24.9 Å². The Kier molecular flexibility index (Phi) is 4.91. The van der Waals surface area contributed by atoms with Crippen LogP contribution in [0.2, 0.25) is 0 Å². The van der Waals surface area contributed by atoms with Gasteiger partial charge in [-0.3, -0.25) is 4.98 Å². The van der Waals surface area contributed by atoms with Crippen molar-refractivity contribution in [1.82, 2.24) is 10.3 Å². The van der Waals surface area contributed by atoms with Crippen LogP contribution in [0, 0.1) is 20.8 Å². The molecule has 2 rings (SSSR count). The van der Waals surface area contributed by atoms with Gasteiger partial charge in [-0.1, -0.05) is 25.1 Å². The van der Waals surface area contributed by atoms with Gasteiger partial charge < -0.3 is 5.32 Å². The molecule has 2 aromatic rings. The fraction of sp³-hybridized carbons (Fsp3) is 0.389. The van der Waals surface area contributed by atoms with Crippen LogP contribution in [0.4, 0.5) is 0 Å². The van der Waals surface area contributed by atoms with Crippen LogP contribution in [0.5, 0.6) is 0 Å². The van der Waals surface area contributed by atoms with Gasteiger partial charge in [0.25, 0.3) is 0 Å². The molecule has 1 N–H and O–H groups in total. The van der Waals surface area contributed by atoms with E-state index < -0.39 is 0 Å². The van der Waals surface area contributed by atoms with E-state index in [0.717, 1.165) is 13.0 Å². The van der Waals surface area contributed by atoms with Crippen LogP contribution < -0.4 is 5.32 Å². The molecule has 0 aliphatic carbocycles. The van der Waals surface area contributed by atoms with Crippen molar-refractivity contribution in [3.63, 3.8) is 0 Å². The van der Waals surface area contributed by atoms with Crippen LogP contribution in [0.15, 0.2) is 36.7 Å². The van der Waals surface area contributed by atoms with Crippen molar-refractivity contribution in [2.45, 2.75) is 40.2 Å². The fourth-order valence-corrected chi connectivity index (χ4v) is 2.54. The van der Waals surface area contributed by atoms with Gasteiger partial charge in [0.15, 0.2) is 0 Å². The average molecular weight is 268 g/mol. The van der Waals surface area contributed by atoms with E-state index in [9.17, 15) is 0 Å². The highest BCUT2D eigenvalue weighted by Gasteiger charge is 2.18. The maximum atomic E-state index is 4.31. The minimum absolute atomic E-state index is 0.226. The molecular formula is C18H24N2. The lowest BCUT2D eigenvalue weighted by atomic mass is 9.91. The molecule has 0 amide bonds. The molecule has 0 bridgehead atoms. The van der Waals surface area contributed by atoms with E-state index in [1.165, 1.54) is 27.8 Å². The number of benzene rings is 1. The van der Waals surface area contributed by atoms with Crippen LogP contribution in [0.3, 0.4) is 0 Å². The summed E-state index contributed by atoms with van der Waals surface area (Å²) >= 11 is 0. The highest BCUT2D eigenvalue weighted by Crippen LogP contribution is 2.28. The number of aryl methyl sites for hydroxylation is 2. The molecule has 2 heteroatoms. The maximum absolute atomic E-state index is 4.31. The summed E-state index contributed by atoms with van der Waals surface area (Å²) in [5, 5.41) is 3.67. The van der Waals surface area contributed by atoms with Gasteiger partial charge in [-0.25, -0.2) is 0 Å². The Balaban J connectivity index is 2.47. The third-order valence-electron chi connectivity index (χ3n) is 3.95. The smallest absolute Gasteiger partial charge is 0.0597 e. The highest BCUT2D eigenvalue weighted by molar-refractivity contribution is 5.42.